The molecule has 1 atom stereocenters. The summed E-state index contributed by atoms with van der Waals surface area (Å²) >= 11 is 0. The molecule has 0 radical (unpaired) electrons. The Bertz CT molecular complexity index is 445. The van der Waals surface area contributed by atoms with Crippen molar-refractivity contribution in [2.24, 2.45) is 0 Å². The van der Waals surface area contributed by atoms with Gasteiger partial charge in [-0.3, -0.25) is 0 Å². The van der Waals surface area contributed by atoms with Crippen LogP contribution in [0.15, 0.2) is 12.1 Å². The maximum Gasteiger partial charge on any atom is 0.231 e. The van der Waals surface area contributed by atoms with Crippen LogP contribution in [0.5, 0.6) is 11.5 Å². The minimum Gasteiger partial charge on any atom is -0.454 e. The summed E-state index contributed by atoms with van der Waals surface area (Å²) in [6.45, 7) is 6.79. The second kappa shape index (κ2) is 5.77. The monoisotopic (exact) mass is 264 g/mol. The molecule has 0 aromatic heterocycles. The molecular formula is C14H20N2O3. The SMILES string of the molecule is Cc1cc2c(cc1CNCC1CNCCO1)OCO2. The topological polar surface area (TPSA) is 51.8 Å². The number of rotatable bonds is 4. The zero-order chi connectivity index (χ0) is 13.1. The molecule has 2 N–H and O–H groups in total. The molecule has 0 saturated carbocycles. The second-order valence-electron chi connectivity index (χ2n) is 4.96. The molecule has 1 fully saturated rings. The molecule has 1 aromatic carbocycles. The standard InChI is InChI=1S/C14H20N2O3/c1-10-4-13-14(19-9-18-13)5-11(10)6-16-8-12-7-15-2-3-17-12/h4-5,12,15-16H,2-3,6-9H2,1H3. The third-order valence-corrected chi connectivity index (χ3v) is 3.52. The smallest absolute Gasteiger partial charge is 0.231 e. The number of morpholine rings is 1. The number of hydrogen-bond donors (Lipinski definition) is 2. The van der Waals surface area contributed by atoms with Crippen molar-refractivity contribution < 1.29 is 14.2 Å². The van der Waals surface area contributed by atoms with Crippen molar-refractivity contribution in [1.29, 1.82) is 0 Å². The molecule has 0 spiro atoms. The van der Waals surface area contributed by atoms with Gasteiger partial charge in [-0.2, -0.15) is 0 Å². The van der Waals surface area contributed by atoms with Gasteiger partial charge in [-0.15, -0.1) is 0 Å². The first-order valence-electron chi connectivity index (χ1n) is 6.75. The first kappa shape index (κ1) is 12.7. The van der Waals surface area contributed by atoms with Crippen molar-refractivity contribution in [1.82, 2.24) is 10.6 Å². The summed E-state index contributed by atoms with van der Waals surface area (Å²) < 4.78 is 16.4. The molecule has 2 aliphatic heterocycles. The van der Waals surface area contributed by atoms with Crippen molar-refractivity contribution in [3.05, 3.63) is 23.3 Å². The van der Waals surface area contributed by atoms with Crippen LogP contribution in [0.3, 0.4) is 0 Å². The molecule has 0 bridgehead atoms. The Morgan fingerprint density at radius 3 is 2.95 bits per heavy atom. The van der Waals surface area contributed by atoms with Gasteiger partial charge in [0.05, 0.1) is 12.7 Å². The highest BCUT2D eigenvalue weighted by atomic mass is 16.7. The lowest BCUT2D eigenvalue weighted by molar-refractivity contribution is 0.0290. The Morgan fingerprint density at radius 2 is 2.16 bits per heavy atom. The summed E-state index contributed by atoms with van der Waals surface area (Å²) in [5, 5.41) is 6.77. The van der Waals surface area contributed by atoms with Gasteiger partial charge in [-0.05, 0) is 30.2 Å². The molecule has 2 aliphatic rings. The maximum atomic E-state index is 5.65. The number of fused-ring (bicyclic) bond motifs is 1. The fraction of sp³-hybridized carbons (Fsp3) is 0.571. The zero-order valence-electron chi connectivity index (χ0n) is 11.2. The van der Waals surface area contributed by atoms with Gasteiger partial charge in [0.1, 0.15) is 0 Å². The summed E-state index contributed by atoms with van der Waals surface area (Å²) in [7, 11) is 0. The first-order chi connectivity index (χ1) is 9.33. The average Bonchev–Trinajstić information content (AvgIpc) is 2.87. The Hall–Kier alpha value is -1.30. The second-order valence-corrected chi connectivity index (χ2v) is 4.96. The van der Waals surface area contributed by atoms with Crippen LogP contribution in [0.25, 0.3) is 0 Å². The fourth-order valence-corrected chi connectivity index (χ4v) is 2.39. The number of benzene rings is 1. The highest BCUT2D eigenvalue weighted by molar-refractivity contribution is 5.48. The number of ether oxygens (including phenoxy) is 3. The van der Waals surface area contributed by atoms with Crippen molar-refractivity contribution in [2.45, 2.75) is 19.6 Å². The highest BCUT2D eigenvalue weighted by Crippen LogP contribution is 2.34. The predicted molar refractivity (Wildman–Crippen MR) is 71.6 cm³/mol. The van der Waals surface area contributed by atoms with Gasteiger partial charge in [-0.25, -0.2) is 0 Å². The molecule has 1 unspecified atom stereocenters. The fourth-order valence-electron chi connectivity index (χ4n) is 2.39. The van der Waals surface area contributed by atoms with Crippen LogP contribution in [0, 0.1) is 6.92 Å². The predicted octanol–water partition coefficient (Wildman–Crippen LogP) is 0.802. The van der Waals surface area contributed by atoms with Gasteiger partial charge >= 0.3 is 0 Å². The lowest BCUT2D eigenvalue weighted by atomic mass is 10.1. The molecular weight excluding hydrogens is 244 g/mol. The minimum atomic E-state index is 0.267. The first-order valence-corrected chi connectivity index (χ1v) is 6.75. The van der Waals surface area contributed by atoms with Gasteiger partial charge < -0.3 is 24.8 Å². The van der Waals surface area contributed by atoms with Crippen molar-refractivity contribution in [2.75, 3.05) is 33.0 Å². The Labute approximate surface area is 113 Å². The molecule has 5 heteroatoms. The van der Waals surface area contributed by atoms with Crippen molar-refractivity contribution in [3.8, 4) is 11.5 Å². The van der Waals surface area contributed by atoms with Crippen LogP contribution in [-0.4, -0.2) is 39.1 Å². The van der Waals surface area contributed by atoms with E-state index in [0.29, 0.717) is 6.79 Å². The molecule has 1 aromatic rings. The van der Waals surface area contributed by atoms with Gasteiger partial charge in [-0.1, -0.05) is 0 Å². The maximum absolute atomic E-state index is 5.65. The number of hydrogen-bond acceptors (Lipinski definition) is 5. The summed E-state index contributed by atoms with van der Waals surface area (Å²) in [6.07, 6.45) is 0.267. The van der Waals surface area contributed by atoms with Gasteiger partial charge in [0.25, 0.3) is 0 Å². The zero-order valence-corrected chi connectivity index (χ0v) is 11.2. The minimum absolute atomic E-state index is 0.267. The Morgan fingerprint density at radius 1 is 1.32 bits per heavy atom. The molecule has 2 heterocycles. The van der Waals surface area contributed by atoms with E-state index in [0.717, 1.165) is 44.3 Å². The number of nitrogens with one attached hydrogen (secondary N) is 2. The lowest BCUT2D eigenvalue weighted by Crippen LogP contribution is -2.43. The van der Waals surface area contributed by atoms with Crippen LogP contribution < -0.4 is 20.1 Å². The summed E-state index contributed by atoms with van der Waals surface area (Å²) in [5.41, 5.74) is 2.47. The van der Waals surface area contributed by atoms with E-state index in [9.17, 15) is 0 Å². The molecule has 3 rings (SSSR count). The molecule has 0 amide bonds. The van der Waals surface area contributed by atoms with Crippen LogP contribution >= 0.6 is 0 Å². The number of aryl methyl sites for hydroxylation is 1. The molecule has 1 saturated heterocycles. The van der Waals surface area contributed by atoms with E-state index in [1.165, 1.54) is 11.1 Å². The largest absolute Gasteiger partial charge is 0.454 e. The molecule has 104 valence electrons. The molecule has 19 heavy (non-hydrogen) atoms. The van der Waals surface area contributed by atoms with Crippen LogP contribution in [0.2, 0.25) is 0 Å². The van der Waals surface area contributed by atoms with Gasteiger partial charge in [0.2, 0.25) is 6.79 Å². The molecule has 0 aliphatic carbocycles. The van der Waals surface area contributed by atoms with Crippen LogP contribution in [0.1, 0.15) is 11.1 Å². The van der Waals surface area contributed by atoms with E-state index >= 15 is 0 Å². The lowest BCUT2D eigenvalue weighted by Gasteiger charge is -2.24. The van der Waals surface area contributed by atoms with Crippen molar-refractivity contribution >= 4 is 0 Å². The van der Waals surface area contributed by atoms with Crippen LogP contribution in [-0.2, 0) is 11.3 Å². The highest BCUT2D eigenvalue weighted by Gasteiger charge is 2.16. The summed E-state index contributed by atoms with van der Waals surface area (Å²) in [4.78, 5) is 0. The summed E-state index contributed by atoms with van der Waals surface area (Å²) in [6, 6.07) is 4.10. The summed E-state index contributed by atoms with van der Waals surface area (Å²) in [5.74, 6) is 1.69. The average molecular weight is 264 g/mol. The normalized spacial score (nSPS) is 21.6. The van der Waals surface area contributed by atoms with E-state index in [-0.39, 0.29) is 6.10 Å². The Balaban J connectivity index is 1.54. The van der Waals surface area contributed by atoms with E-state index in [2.05, 4.69) is 23.6 Å². The van der Waals surface area contributed by atoms with E-state index < -0.39 is 0 Å². The van der Waals surface area contributed by atoms with E-state index in [4.69, 9.17) is 14.2 Å². The van der Waals surface area contributed by atoms with E-state index in [1.807, 2.05) is 6.07 Å². The van der Waals surface area contributed by atoms with Gasteiger partial charge in [0, 0.05) is 26.2 Å². The quantitative estimate of drug-likeness (QED) is 0.842. The Kier molecular flexibility index (Phi) is 3.87. The third-order valence-electron chi connectivity index (χ3n) is 3.52. The van der Waals surface area contributed by atoms with Crippen LogP contribution in [0.4, 0.5) is 0 Å². The molecule has 5 nitrogen and oxygen atoms in total. The third kappa shape index (κ3) is 3.00. The van der Waals surface area contributed by atoms with Gasteiger partial charge in [0.15, 0.2) is 11.5 Å². The van der Waals surface area contributed by atoms with E-state index in [1.54, 1.807) is 0 Å². The van der Waals surface area contributed by atoms with Crippen molar-refractivity contribution in [3.63, 3.8) is 0 Å².